The zero-order valence-electron chi connectivity index (χ0n) is 17.2. The Bertz CT molecular complexity index is 953. The van der Waals surface area contributed by atoms with Gasteiger partial charge >= 0.3 is 0 Å². The summed E-state index contributed by atoms with van der Waals surface area (Å²) in [6.45, 7) is 7.69. The summed E-state index contributed by atoms with van der Waals surface area (Å²) in [5.41, 5.74) is 3.92. The Labute approximate surface area is 168 Å². The Kier molecular flexibility index (Phi) is 7.45. The number of guanidine groups is 1. The number of methoxy groups -OCH3 is 1. The van der Waals surface area contributed by atoms with E-state index in [0.29, 0.717) is 23.9 Å². The molecule has 0 spiro atoms. The summed E-state index contributed by atoms with van der Waals surface area (Å²) in [5.74, 6) is 1.58. The molecule has 2 N–H and O–H groups in total. The van der Waals surface area contributed by atoms with Crippen molar-refractivity contribution in [2.45, 2.75) is 38.8 Å². The fraction of sp³-hybridized carbons (Fsp3) is 0.381. The van der Waals surface area contributed by atoms with Crippen molar-refractivity contribution in [3.8, 4) is 5.75 Å². The lowest BCUT2D eigenvalue weighted by atomic mass is 10.1. The number of ether oxygens (including phenoxy) is 1. The summed E-state index contributed by atoms with van der Waals surface area (Å²) < 4.78 is 28.8. The molecule has 0 heterocycles. The van der Waals surface area contributed by atoms with Crippen molar-refractivity contribution in [2.24, 2.45) is 4.99 Å². The topological polar surface area (TPSA) is 79.8 Å². The maximum atomic E-state index is 11.7. The van der Waals surface area contributed by atoms with Crippen LogP contribution in [0.25, 0.3) is 0 Å². The van der Waals surface area contributed by atoms with Crippen LogP contribution in [0.2, 0.25) is 0 Å². The summed E-state index contributed by atoms with van der Waals surface area (Å²) in [5, 5.41) is 6.52. The average Bonchev–Trinajstić information content (AvgIpc) is 2.63. The van der Waals surface area contributed by atoms with Gasteiger partial charge in [0.05, 0.1) is 18.6 Å². The summed E-state index contributed by atoms with van der Waals surface area (Å²) in [6, 6.07) is 11.4. The SMILES string of the molecule is CCNC(=NCc1ccc(OC)c(C)c1)NCc1ccc(S(C)(=O)=O)c(C)c1. The van der Waals surface area contributed by atoms with Crippen LogP contribution >= 0.6 is 0 Å². The zero-order chi connectivity index (χ0) is 20.7. The molecule has 0 saturated heterocycles. The molecule has 2 rings (SSSR count). The highest BCUT2D eigenvalue weighted by atomic mass is 32.2. The molecule has 6 nitrogen and oxygen atoms in total. The van der Waals surface area contributed by atoms with Gasteiger partial charge in [0, 0.05) is 19.3 Å². The van der Waals surface area contributed by atoms with Crippen LogP contribution in [0.4, 0.5) is 0 Å². The van der Waals surface area contributed by atoms with Gasteiger partial charge in [0.25, 0.3) is 0 Å². The standard InChI is InChI=1S/C21H29N3O3S/c1-6-22-21(23-13-17-7-9-19(27-4)15(2)11-17)24-14-18-8-10-20(16(3)12-18)28(5,25)26/h7-12H,6,13-14H2,1-5H3,(H2,22,23,24). The molecule has 0 fully saturated rings. The monoisotopic (exact) mass is 403 g/mol. The van der Waals surface area contributed by atoms with Crippen molar-refractivity contribution in [1.29, 1.82) is 0 Å². The van der Waals surface area contributed by atoms with Crippen LogP contribution in [0.5, 0.6) is 5.75 Å². The predicted octanol–water partition coefficient (Wildman–Crippen LogP) is 2.97. The number of nitrogens with one attached hydrogen (secondary N) is 2. The van der Waals surface area contributed by atoms with Gasteiger partial charge in [-0.3, -0.25) is 0 Å². The predicted molar refractivity (Wildman–Crippen MR) is 114 cm³/mol. The number of benzene rings is 2. The molecule has 0 bridgehead atoms. The third-order valence-electron chi connectivity index (χ3n) is 4.32. The van der Waals surface area contributed by atoms with Crippen LogP contribution in [-0.2, 0) is 22.9 Å². The van der Waals surface area contributed by atoms with Crippen LogP contribution in [0.15, 0.2) is 46.3 Å². The second-order valence-corrected chi connectivity index (χ2v) is 8.71. The van der Waals surface area contributed by atoms with Crippen LogP contribution in [0.3, 0.4) is 0 Å². The van der Waals surface area contributed by atoms with E-state index in [1.807, 2.05) is 45.0 Å². The normalized spacial score (nSPS) is 12.0. The first-order valence-electron chi connectivity index (χ1n) is 9.20. The van der Waals surface area contributed by atoms with Gasteiger partial charge in [0.2, 0.25) is 0 Å². The minimum Gasteiger partial charge on any atom is -0.496 e. The largest absolute Gasteiger partial charge is 0.496 e. The number of hydrogen-bond donors (Lipinski definition) is 2. The van der Waals surface area contributed by atoms with E-state index in [1.54, 1.807) is 13.2 Å². The van der Waals surface area contributed by atoms with Crippen LogP contribution < -0.4 is 15.4 Å². The number of aliphatic imine (C=N–C) groups is 1. The van der Waals surface area contributed by atoms with Gasteiger partial charge in [-0.25, -0.2) is 13.4 Å². The molecule has 0 aliphatic heterocycles. The average molecular weight is 404 g/mol. The van der Waals surface area contributed by atoms with Gasteiger partial charge in [-0.2, -0.15) is 0 Å². The van der Waals surface area contributed by atoms with Crippen molar-refractivity contribution >= 4 is 15.8 Å². The van der Waals surface area contributed by atoms with E-state index < -0.39 is 9.84 Å². The van der Waals surface area contributed by atoms with Gasteiger partial charge < -0.3 is 15.4 Å². The third kappa shape index (κ3) is 5.99. The lowest BCUT2D eigenvalue weighted by Gasteiger charge is -2.13. The smallest absolute Gasteiger partial charge is 0.191 e. The first-order valence-corrected chi connectivity index (χ1v) is 11.1. The van der Waals surface area contributed by atoms with Crippen LogP contribution in [0.1, 0.15) is 29.2 Å². The van der Waals surface area contributed by atoms with Gasteiger partial charge in [-0.15, -0.1) is 0 Å². The van der Waals surface area contributed by atoms with Gasteiger partial charge in [-0.1, -0.05) is 24.3 Å². The molecule has 0 saturated carbocycles. The molecule has 0 atom stereocenters. The fourth-order valence-corrected chi connectivity index (χ4v) is 3.93. The molecule has 2 aromatic rings. The molecule has 28 heavy (non-hydrogen) atoms. The minimum atomic E-state index is -3.20. The summed E-state index contributed by atoms with van der Waals surface area (Å²) in [6.07, 6.45) is 1.23. The summed E-state index contributed by atoms with van der Waals surface area (Å²) in [4.78, 5) is 5.00. The molecule has 0 amide bonds. The Balaban J connectivity index is 2.07. The molecule has 0 radical (unpaired) electrons. The van der Waals surface area contributed by atoms with Crippen molar-refractivity contribution in [3.63, 3.8) is 0 Å². The van der Waals surface area contributed by atoms with E-state index in [2.05, 4.69) is 21.7 Å². The first-order chi connectivity index (χ1) is 13.2. The highest BCUT2D eigenvalue weighted by Gasteiger charge is 2.11. The molecular formula is C21H29N3O3S. The second-order valence-electron chi connectivity index (χ2n) is 6.72. The van der Waals surface area contributed by atoms with E-state index >= 15 is 0 Å². The molecule has 0 aliphatic rings. The quantitative estimate of drug-likeness (QED) is 0.549. The number of aryl methyl sites for hydroxylation is 2. The van der Waals surface area contributed by atoms with E-state index in [9.17, 15) is 8.42 Å². The number of nitrogens with zero attached hydrogens (tertiary/aromatic N) is 1. The number of sulfone groups is 1. The van der Waals surface area contributed by atoms with Gasteiger partial charge in [-0.05, 0) is 55.2 Å². The Morgan fingerprint density at radius 1 is 1.04 bits per heavy atom. The van der Waals surface area contributed by atoms with Gasteiger partial charge in [0.15, 0.2) is 15.8 Å². The second kappa shape index (κ2) is 9.59. The lowest BCUT2D eigenvalue weighted by molar-refractivity contribution is 0.411. The molecule has 2 aromatic carbocycles. The maximum Gasteiger partial charge on any atom is 0.191 e. The lowest BCUT2D eigenvalue weighted by Crippen LogP contribution is -2.36. The molecule has 7 heteroatoms. The third-order valence-corrected chi connectivity index (χ3v) is 5.58. The Morgan fingerprint density at radius 2 is 1.71 bits per heavy atom. The van der Waals surface area contributed by atoms with Crippen molar-refractivity contribution in [1.82, 2.24) is 10.6 Å². The van der Waals surface area contributed by atoms with Crippen molar-refractivity contribution in [3.05, 3.63) is 58.7 Å². The molecular weight excluding hydrogens is 374 g/mol. The van der Waals surface area contributed by atoms with E-state index in [1.165, 1.54) is 6.26 Å². The highest BCUT2D eigenvalue weighted by Crippen LogP contribution is 2.19. The van der Waals surface area contributed by atoms with Crippen molar-refractivity contribution < 1.29 is 13.2 Å². The molecule has 0 aromatic heterocycles. The Hall–Kier alpha value is -2.54. The summed E-state index contributed by atoms with van der Waals surface area (Å²) in [7, 11) is -1.54. The minimum absolute atomic E-state index is 0.367. The van der Waals surface area contributed by atoms with Crippen LogP contribution in [-0.4, -0.2) is 34.3 Å². The van der Waals surface area contributed by atoms with Gasteiger partial charge in [0.1, 0.15) is 5.75 Å². The summed E-state index contributed by atoms with van der Waals surface area (Å²) >= 11 is 0. The van der Waals surface area contributed by atoms with E-state index in [-0.39, 0.29) is 0 Å². The zero-order valence-corrected chi connectivity index (χ0v) is 18.0. The maximum absolute atomic E-state index is 11.7. The molecule has 0 unspecified atom stereocenters. The van der Waals surface area contributed by atoms with Crippen LogP contribution in [0, 0.1) is 13.8 Å². The molecule has 0 aliphatic carbocycles. The Morgan fingerprint density at radius 3 is 2.29 bits per heavy atom. The van der Waals surface area contributed by atoms with E-state index in [0.717, 1.165) is 34.5 Å². The van der Waals surface area contributed by atoms with E-state index in [4.69, 9.17) is 4.74 Å². The highest BCUT2D eigenvalue weighted by molar-refractivity contribution is 7.90. The molecule has 152 valence electrons. The number of hydrogen-bond acceptors (Lipinski definition) is 4. The first kappa shape index (κ1) is 21.8. The number of rotatable bonds is 7. The fourth-order valence-electron chi connectivity index (χ4n) is 2.97. The van der Waals surface area contributed by atoms with Crippen molar-refractivity contribution in [2.75, 3.05) is 19.9 Å².